The highest BCUT2D eigenvalue weighted by Crippen LogP contribution is 2.35. The Morgan fingerprint density at radius 1 is 1.55 bits per heavy atom. The summed E-state index contributed by atoms with van der Waals surface area (Å²) >= 11 is 0. The lowest BCUT2D eigenvalue weighted by atomic mass is 9.95. The number of ether oxygens (including phenoxy) is 1. The number of dihydropyridines is 1. The zero-order chi connectivity index (χ0) is 14.1. The van der Waals surface area contributed by atoms with Gasteiger partial charge in [-0.3, -0.25) is 4.99 Å². The quantitative estimate of drug-likeness (QED) is 0.892. The van der Waals surface area contributed by atoms with E-state index in [1.54, 1.807) is 30.5 Å². The second-order valence-corrected chi connectivity index (χ2v) is 4.29. The van der Waals surface area contributed by atoms with Crippen LogP contribution in [0.25, 0.3) is 0 Å². The van der Waals surface area contributed by atoms with Gasteiger partial charge in [-0.2, -0.15) is 5.10 Å². The fourth-order valence-electron chi connectivity index (χ4n) is 2.27. The summed E-state index contributed by atoms with van der Waals surface area (Å²) in [5, 5.41) is 15.0. The zero-order valence-electron chi connectivity index (χ0n) is 10.6. The molecular formula is C14H11N3O3. The maximum atomic E-state index is 11.2. The molecule has 0 bridgehead atoms. The maximum absolute atomic E-state index is 11.2. The lowest BCUT2D eigenvalue weighted by Gasteiger charge is -2.26. The topological polar surface area (TPSA) is 74.5 Å². The van der Waals surface area contributed by atoms with Gasteiger partial charge in [0.25, 0.3) is 0 Å². The van der Waals surface area contributed by atoms with Crippen LogP contribution in [0.4, 0.5) is 5.69 Å². The van der Waals surface area contributed by atoms with Crippen LogP contribution in [0.2, 0.25) is 0 Å². The van der Waals surface area contributed by atoms with E-state index in [1.165, 1.54) is 12.3 Å². The molecule has 0 saturated heterocycles. The van der Waals surface area contributed by atoms with Gasteiger partial charge in [0.2, 0.25) is 0 Å². The monoisotopic (exact) mass is 269 g/mol. The SMILES string of the molecule is COc1ccc#cc1N1N=CC2C(C(=O)O)=CC=NC21. The van der Waals surface area contributed by atoms with Gasteiger partial charge in [0.15, 0.2) is 17.6 Å². The summed E-state index contributed by atoms with van der Waals surface area (Å²) in [5.74, 6) is -0.756. The molecule has 0 fully saturated rings. The number of methoxy groups -OCH3 is 1. The molecule has 2 heterocycles. The molecule has 0 aliphatic carbocycles. The molecule has 0 aromatic heterocycles. The van der Waals surface area contributed by atoms with E-state index in [-0.39, 0.29) is 11.5 Å². The number of aliphatic carboxylic acids is 1. The number of allylic oxidation sites excluding steroid dienone is 1. The van der Waals surface area contributed by atoms with E-state index in [2.05, 4.69) is 22.2 Å². The molecule has 1 aromatic rings. The van der Waals surface area contributed by atoms with E-state index in [1.807, 2.05) is 0 Å². The van der Waals surface area contributed by atoms with Crippen LogP contribution in [0.5, 0.6) is 5.75 Å². The van der Waals surface area contributed by atoms with Gasteiger partial charge in [-0.25, -0.2) is 9.80 Å². The van der Waals surface area contributed by atoms with Crippen LogP contribution in [-0.4, -0.2) is 36.8 Å². The van der Waals surface area contributed by atoms with Crippen molar-refractivity contribution in [2.75, 3.05) is 12.1 Å². The van der Waals surface area contributed by atoms with Gasteiger partial charge < -0.3 is 9.84 Å². The summed E-state index contributed by atoms with van der Waals surface area (Å²) in [6.07, 6.45) is 4.15. The van der Waals surface area contributed by atoms with Gasteiger partial charge in [-0.05, 0) is 24.3 Å². The maximum Gasteiger partial charge on any atom is 0.332 e. The smallest absolute Gasteiger partial charge is 0.332 e. The van der Waals surface area contributed by atoms with Gasteiger partial charge in [0.1, 0.15) is 0 Å². The molecule has 0 saturated carbocycles. The minimum Gasteiger partial charge on any atom is -0.494 e. The minimum atomic E-state index is -0.963. The first-order valence-electron chi connectivity index (χ1n) is 5.98. The third-order valence-corrected chi connectivity index (χ3v) is 3.21. The molecule has 1 N–H and O–H groups in total. The second kappa shape index (κ2) is 4.70. The van der Waals surface area contributed by atoms with E-state index >= 15 is 0 Å². The highest BCUT2D eigenvalue weighted by molar-refractivity contribution is 5.99. The first-order valence-corrected chi connectivity index (χ1v) is 5.98. The fraction of sp³-hybridized carbons (Fsp3) is 0.214. The molecule has 2 aliphatic heterocycles. The van der Waals surface area contributed by atoms with Crippen molar-refractivity contribution in [3.63, 3.8) is 0 Å². The Bertz CT molecular complexity index is 636. The van der Waals surface area contributed by atoms with Gasteiger partial charge in [0, 0.05) is 12.4 Å². The molecule has 100 valence electrons. The highest BCUT2D eigenvalue weighted by atomic mass is 16.5. The van der Waals surface area contributed by atoms with E-state index in [0.29, 0.717) is 11.4 Å². The average molecular weight is 269 g/mol. The molecule has 2 atom stereocenters. The van der Waals surface area contributed by atoms with Crippen molar-refractivity contribution in [3.8, 4) is 5.75 Å². The van der Waals surface area contributed by atoms with Crippen LogP contribution >= 0.6 is 0 Å². The summed E-state index contributed by atoms with van der Waals surface area (Å²) in [7, 11) is 1.55. The summed E-state index contributed by atoms with van der Waals surface area (Å²) in [6.45, 7) is 0. The number of carboxylic acids is 1. The van der Waals surface area contributed by atoms with Crippen LogP contribution in [-0.2, 0) is 4.79 Å². The van der Waals surface area contributed by atoms with Crippen molar-refractivity contribution < 1.29 is 14.6 Å². The standard InChI is InChI=1S/C14H11N3O3/c1-20-12-5-3-2-4-11(12)17-13-10(8-16-17)9(14(18)19)6-7-15-13/h3,5-8,10,13H,1H3,(H,18,19). The molecule has 0 spiro atoms. The van der Waals surface area contributed by atoms with Gasteiger partial charge in [-0.15, -0.1) is 0 Å². The molecular weight excluding hydrogens is 258 g/mol. The predicted octanol–water partition coefficient (Wildman–Crippen LogP) is 1.14. The molecule has 6 heteroatoms. The third kappa shape index (κ3) is 1.80. The zero-order valence-corrected chi connectivity index (χ0v) is 10.6. The molecule has 0 radical (unpaired) electrons. The number of carboxylic acid groups (broad SMARTS) is 1. The Hall–Kier alpha value is -2.81. The van der Waals surface area contributed by atoms with Crippen molar-refractivity contribution in [3.05, 3.63) is 35.9 Å². The lowest BCUT2D eigenvalue weighted by molar-refractivity contribution is -0.133. The molecule has 20 heavy (non-hydrogen) atoms. The number of nitrogens with zero attached hydrogens (tertiary/aromatic N) is 3. The molecule has 1 aromatic carbocycles. The van der Waals surface area contributed by atoms with Crippen molar-refractivity contribution in [2.45, 2.75) is 6.17 Å². The molecule has 2 unspecified atom stereocenters. The summed E-state index contributed by atoms with van der Waals surface area (Å²) in [5.41, 5.74) is 0.859. The predicted molar refractivity (Wildman–Crippen MR) is 73.1 cm³/mol. The molecule has 2 aliphatic rings. The largest absolute Gasteiger partial charge is 0.494 e. The Kier molecular flexibility index (Phi) is 2.88. The number of fused-ring (bicyclic) bond motifs is 1. The number of carbonyl (C=O) groups is 1. The molecule has 0 amide bonds. The summed E-state index contributed by atoms with van der Waals surface area (Å²) < 4.78 is 5.26. The number of hydrogen-bond donors (Lipinski definition) is 1. The second-order valence-electron chi connectivity index (χ2n) is 4.29. The number of hydrogen-bond acceptors (Lipinski definition) is 5. The number of anilines is 1. The van der Waals surface area contributed by atoms with Crippen LogP contribution in [0.1, 0.15) is 0 Å². The fourth-order valence-corrected chi connectivity index (χ4v) is 2.27. The Morgan fingerprint density at radius 2 is 2.40 bits per heavy atom. The van der Waals surface area contributed by atoms with E-state index in [4.69, 9.17) is 4.74 Å². The van der Waals surface area contributed by atoms with E-state index in [0.717, 1.165) is 0 Å². The Balaban J connectivity index is 1.96. The minimum absolute atomic E-state index is 0.273. The third-order valence-electron chi connectivity index (χ3n) is 3.21. The van der Waals surface area contributed by atoms with Crippen LogP contribution in [0, 0.1) is 18.1 Å². The van der Waals surface area contributed by atoms with Gasteiger partial charge >= 0.3 is 5.97 Å². The lowest BCUT2D eigenvalue weighted by Crippen LogP contribution is -2.35. The van der Waals surface area contributed by atoms with Gasteiger partial charge in [-0.1, -0.05) is 6.07 Å². The summed E-state index contributed by atoms with van der Waals surface area (Å²) in [4.78, 5) is 15.5. The first kappa shape index (κ1) is 12.2. The summed E-state index contributed by atoms with van der Waals surface area (Å²) in [6, 6.07) is 9.20. The molecule has 3 rings (SSSR count). The normalized spacial score (nSPS) is 23.1. The van der Waals surface area contributed by atoms with Crippen molar-refractivity contribution in [1.29, 1.82) is 0 Å². The van der Waals surface area contributed by atoms with Crippen LogP contribution in [0.3, 0.4) is 0 Å². The Morgan fingerprint density at radius 3 is 3.15 bits per heavy atom. The number of hydrazone groups is 1. The van der Waals surface area contributed by atoms with E-state index < -0.39 is 12.1 Å². The first-order chi connectivity index (χ1) is 9.72. The van der Waals surface area contributed by atoms with Crippen molar-refractivity contribution in [1.82, 2.24) is 0 Å². The number of aliphatic imine (C=N–C) groups is 1. The molecule has 6 nitrogen and oxygen atoms in total. The van der Waals surface area contributed by atoms with Crippen molar-refractivity contribution in [2.24, 2.45) is 16.0 Å². The van der Waals surface area contributed by atoms with Gasteiger partial charge in [0.05, 0.1) is 18.6 Å². The van der Waals surface area contributed by atoms with Crippen LogP contribution in [0.15, 0.2) is 33.9 Å². The van der Waals surface area contributed by atoms with Crippen LogP contribution < -0.4 is 9.75 Å². The van der Waals surface area contributed by atoms with Crippen molar-refractivity contribution >= 4 is 24.1 Å². The average Bonchev–Trinajstić information content (AvgIpc) is 2.90. The Labute approximate surface area is 115 Å². The van der Waals surface area contributed by atoms with E-state index in [9.17, 15) is 9.90 Å². The number of rotatable bonds is 3. The highest BCUT2D eigenvalue weighted by Gasteiger charge is 2.38.